The summed E-state index contributed by atoms with van der Waals surface area (Å²) >= 11 is 0. The minimum Gasteiger partial charge on any atom is -0.497 e. The summed E-state index contributed by atoms with van der Waals surface area (Å²) in [6.07, 6.45) is 2.07. The molecule has 1 aromatic heterocycles. The average molecular weight is 764 g/mol. The zero-order valence-corrected chi connectivity index (χ0v) is 32.3. The Morgan fingerprint density at radius 1 is 0.855 bits per heavy atom. The summed E-state index contributed by atoms with van der Waals surface area (Å²) in [4.78, 5) is 28.0. The third kappa shape index (κ3) is 6.94. The van der Waals surface area contributed by atoms with E-state index in [4.69, 9.17) is 28.0 Å². The van der Waals surface area contributed by atoms with Gasteiger partial charge in [-0.25, -0.2) is 9.46 Å². The largest absolute Gasteiger partial charge is 0.497 e. The van der Waals surface area contributed by atoms with Crippen LogP contribution >= 0.6 is 8.53 Å². The van der Waals surface area contributed by atoms with Crippen LogP contribution < -0.4 is 20.7 Å². The number of nitrogens with zero attached hydrogens (tertiary/aromatic N) is 2. The summed E-state index contributed by atoms with van der Waals surface area (Å²) in [5, 5.41) is 0. The molecule has 4 heterocycles. The van der Waals surface area contributed by atoms with Gasteiger partial charge in [-0.3, -0.25) is 14.3 Å². The molecule has 1 N–H and O–H groups in total. The molecular formula is C43H46N3O8P. The van der Waals surface area contributed by atoms with Crippen molar-refractivity contribution >= 4 is 8.53 Å². The van der Waals surface area contributed by atoms with E-state index >= 15 is 0 Å². The molecule has 3 aliphatic heterocycles. The van der Waals surface area contributed by atoms with Gasteiger partial charge in [-0.05, 0) is 73.2 Å². The number of ether oxygens (including phenoxy) is 4. The number of rotatable bonds is 12. The second-order valence-electron chi connectivity index (χ2n) is 14.4. The van der Waals surface area contributed by atoms with Crippen molar-refractivity contribution in [1.29, 1.82) is 0 Å². The molecule has 0 saturated carbocycles. The van der Waals surface area contributed by atoms with Crippen molar-refractivity contribution < 1.29 is 28.0 Å². The van der Waals surface area contributed by atoms with Crippen LogP contribution in [0, 0.1) is 6.92 Å². The number of aromatic nitrogens is 2. The maximum atomic E-state index is 13.2. The molecule has 1 unspecified atom stereocenters. The number of nitrogens with one attached hydrogen (secondary N) is 1. The fourth-order valence-corrected chi connectivity index (χ4v) is 10.4. The third-order valence-electron chi connectivity index (χ3n) is 11.2. The van der Waals surface area contributed by atoms with E-state index in [1.54, 1.807) is 27.3 Å². The first kappa shape index (κ1) is 37.3. The molecule has 3 aliphatic rings. The van der Waals surface area contributed by atoms with E-state index in [-0.39, 0.29) is 12.6 Å². The van der Waals surface area contributed by atoms with Crippen LogP contribution in [0.5, 0.6) is 11.5 Å². The van der Waals surface area contributed by atoms with Gasteiger partial charge >= 0.3 is 5.69 Å². The van der Waals surface area contributed by atoms with E-state index in [0.717, 1.165) is 53.1 Å². The Bertz CT molecular complexity index is 2150. The summed E-state index contributed by atoms with van der Waals surface area (Å²) in [5.41, 5.74) is 1.57. The van der Waals surface area contributed by atoms with Crippen molar-refractivity contribution in [2.45, 2.75) is 68.8 Å². The summed E-state index contributed by atoms with van der Waals surface area (Å²) in [6.45, 7) is 4.78. The number of hydrogen-bond donors (Lipinski definition) is 1. The van der Waals surface area contributed by atoms with Gasteiger partial charge in [-0.15, -0.1) is 0 Å². The first-order chi connectivity index (χ1) is 26.7. The highest BCUT2D eigenvalue weighted by Gasteiger charge is 2.56. The van der Waals surface area contributed by atoms with Crippen LogP contribution in [0.3, 0.4) is 0 Å². The predicted octanol–water partition coefficient (Wildman–Crippen LogP) is 7.18. The Hall–Kier alpha value is -4.61. The zero-order chi connectivity index (χ0) is 38.2. The summed E-state index contributed by atoms with van der Waals surface area (Å²) in [6, 6.07) is 36.3. The van der Waals surface area contributed by atoms with E-state index in [1.165, 1.54) is 4.57 Å². The number of methoxy groups -OCH3 is 2. The molecule has 5 aromatic rings. The monoisotopic (exact) mass is 763 g/mol. The van der Waals surface area contributed by atoms with Crippen LogP contribution in [-0.2, 0) is 29.7 Å². The molecule has 11 nitrogen and oxygen atoms in total. The number of fused-ring (bicyclic) bond motifs is 1. The van der Waals surface area contributed by atoms with Gasteiger partial charge in [0.2, 0.25) is 0 Å². The fraction of sp³-hybridized carbons (Fsp3) is 0.349. The van der Waals surface area contributed by atoms with Crippen molar-refractivity contribution in [3.8, 4) is 11.5 Å². The fourth-order valence-electron chi connectivity index (χ4n) is 8.21. The van der Waals surface area contributed by atoms with E-state index in [9.17, 15) is 9.59 Å². The Morgan fingerprint density at radius 3 is 2.07 bits per heavy atom. The van der Waals surface area contributed by atoms with E-state index in [2.05, 4.69) is 40.8 Å². The highest BCUT2D eigenvalue weighted by molar-refractivity contribution is 7.45. The molecule has 0 amide bonds. The molecule has 0 bridgehead atoms. The lowest BCUT2D eigenvalue weighted by molar-refractivity contribution is -0.0923. The Balaban J connectivity index is 1.18. The lowest BCUT2D eigenvalue weighted by Crippen LogP contribution is -2.38. The second kappa shape index (κ2) is 15.5. The Labute approximate surface area is 321 Å². The highest BCUT2D eigenvalue weighted by atomic mass is 31.2. The van der Waals surface area contributed by atoms with Crippen LogP contribution in [0.25, 0.3) is 0 Å². The number of hydrogen-bond acceptors (Lipinski definition) is 9. The van der Waals surface area contributed by atoms with Crippen LogP contribution in [-0.4, -0.2) is 59.8 Å². The van der Waals surface area contributed by atoms with E-state index in [1.807, 2.05) is 84.9 Å². The molecule has 286 valence electrons. The first-order valence-electron chi connectivity index (χ1n) is 18.7. The molecule has 12 heteroatoms. The van der Waals surface area contributed by atoms with Gasteiger partial charge in [0.15, 0.2) is 0 Å². The van der Waals surface area contributed by atoms with E-state index < -0.39 is 49.4 Å². The number of aryl methyl sites for hydroxylation is 1. The molecule has 3 fully saturated rings. The SMILES string of the molecule is COc1ccc(C(OC[C@H]2O[C@@H](n3cc(C)c(=O)[nH]c3=O)C[C@@H]2OP2O[C@](C)(c3ccccc3)[C@@H]3CCCN32)(c2ccccc2)c2ccc(OC)cc2)cc1. The maximum absolute atomic E-state index is 13.2. The molecule has 0 spiro atoms. The number of benzene rings is 4. The molecule has 6 atom stereocenters. The molecule has 0 aliphatic carbocycles. The normalized spacial score (nSPS) is 25.2. The first-order valence-corrected chi connectivity index (χ1v) is 19.8. The van der Waals surface area contributed by atoms with Crippen LogP contribution in [0.2, 0.25) is 0 Å². The maximum Gasteiger partial charge on any atom is 0.330 e. The van der Waals surface area contributed by atoms with Crippen molar-refractivity contribution in [2.24, 2.45) is 0 Å². The van der Waals surface area contributed by atoms with Gasteiger partial charge in [0.25, 0.3) is 14.1 Å². The molecular weight excluding hydrogens is 717 g/mol. The summed E-state index contributed by atoms with van der Waals surface area (Å²) in [7, 11) is 1.79. The standard InChI is InChI=1S/C43H46N3O8P/c1-29-27-45(41(48)44-40(29)47)39-26-36(53-55-46-25-11-16-38(46)42(2,54-55)30-12-7-5-8-13-30)37(52-39)28-51-43(31-14-9-6-10-15-31,32-17-21-34(49-3)22-18-32)33-19-23-35(50-4)24-20-33/h5-10,12-15,17-24,27,36-39H,11,16,25-26,28H2,1-4H3,(H,44,47,48)/t36-,37+,38-,39+,42+,55?/m0/s1. The average Bonchev–Trinajstić information content (AvgIpc) is 3.94. The molecule has 55 heavy (non-hydrogen) atoms. The Morgan fingerprint density at radius 2 is 1.45 bits per heavy atom. The lowest BCUT2D eigenvalue weighted by Gasteiger charge is -2.37. The van der Waals surface area contributed by atoms with Crippen molar-refractivity contribution in [3.05, 3.63) is 164 Å². The van der Waals surface area contributed by atoms with Crippen molar-refractivity contribution in [3.63, 3.8) is 0 Å². The third-order valence-corrected chi connectivity index (χ3v) is 13.1. The molecule has 4 aromatic carbocycles. The van der Waals surface area contributed by atoms with Crippen molar-refractivity contribution in [2.75, 3.05) is 27.4 Å². The van der Waals surface area contributed by atoms with Gasteiger partial charge in [0, 0.05) is 24.7 Å². The minimum absolute atomic E-state index is 0.0910. The van der Waals surface area contributed by atoms with Crippen LogP contribution in [0.15, 0.2) is 125 Å². The van der Waals surface area contributed by atoms with Crippen molar-refractivity contribution in [1.82, 2.24) is 14.2 Å². The second-order valence-corrected chi connectivity index (χ2v) is 15.8. The highest BCUT2D eigenvalue weighted by Crippen LogP contribution is 2.64. The zero-order valence-electron chi connectivity index (χ0n) is 31.4. The molecule has 3 saturated heterocycles. The lowest BCUT2D eigenvalue weighted by atomic mass is 9.80. The van der Waals surface area contributed by atoms with Gasteiger partial charge in [0.1, 0.15) is 35.0 Å². The Kier molecular flexibility index (Phi) is 10.5. The summed E-state index contributed by atoms with van der Waals surface area (Å²) in [5.74, 6) is 1.44. The summed E-state index contributed by atoms with van der Waals surface area (Å²) < 4.78 is 42.9. The topological polar surface area (TPSA) is 113 Å². The van der Waals surface area contributed by atoms with E-state index in [0.29, 0.717) is 12.0 Å². The van der Waals surface area contributed by atoms with Gasteiger partial charge in [-0.2, -0.15) is 0 Å². The van der Waals surface area contributed by atoms with Gasteiger partial charge < -0.3 is 28.0 Å². The smallest absolute Gasteiger partial charge is 0.330 e. The van der Waals surface area contributed by atoms with Gasteiger partial charge in [-0.1, -0.05) is 84.9 Å². The molecule has 8 rings (SSSR count). The quantitative estimate of drug-likeness (QED) is 0.104. The minimum atomic E-state index is -1.50. The van der Waals surface area contributed by atoms with Crippen LogP contribution in [0.1, 0.15) is 60.2 Å². The molecule has 0 radical (unpaired) electrons. The van der Waals surface area contributed by atoms with Gasteiger partial charge in [0.05, 0.1) is 33.0 Å². The predicted molar refractivity (Wildman–Crippen MR) is 209 cm³/mol. The number of aromatic amines is 1. The number of H-pyrrole nitrogens is 1. The van der Waals surface area contributed by atoms with Crippen LogP contribution in [0.4, 0.5) is 0 Å².